The molecular formula is C31H34IN3O5. The maximum absolute atomic E-state index is 12.6. The van der Waals surface area contributed by atoms with E-state index >= 15 is 0 Å². The number of nitrogens with zero attached hydrogens (tertiary/aromatic N) is 2. The van der Waals surface area contributed by atoms with E-state index in [4.69, 9.17) is 18.6 Å². The Morgan fingerprint density at radius 2 is 1.77 bits per heavy atom. The van der Waals surface area contributed by atoms with Crippen molar-refractivity contribution >= 4 is 34.7 Å². The molecule has 8 nitrogen and oxygen atoms in total. The molecule has 210 valence electrons. The number of rotatable bonds is 12. The van der Waals surface area contributed by atoms with Crippen LogP contribution in [0.3, 0.4) is 0 Å². The predicted octanol–water partition coefficient (Wildman–Crippen LogP) is 7.21. The first kappa shape index (κ1) is 29.3. The van der Waals surface area contributed by atoms with Gasteiger partial charge in [0.1, 0.15) is 18.1 Å². The fourth-order valence-electron chi connectivity index (χ4n) is 4.04. The fourth-order valence-corrected chi connectivity index (χ4v) is 4.80. The van der Waals surface area contributed by atoms with E-state index in [1.807, 2.05) is 50.2 Å². The van der Waals surface area contributed by atoms with Crippen LogP contribution >= 0.6 is 22.6 Å². The lowest BCUT2D eigenvalue weighted by molar-refractivity contribution is 0.0923. The molecule has 2 aromatic heterocycles. The minimum Gasteiger partial charge on any atom is -0.490 e. The number of aromatic nitrogens is 1. The molecule has 0 unspecified atom stereocenters. The van der Waals surface area contributed by atoms with E-state index < -0.39 is 5.91 Å². The van der Waals surface area contributed by atoms with E-state index in [2.05, 4.69) is 70.6 Å². The van der Waals surface area contributed by atoms with E-state index in [1.165, 1.54) is 11.4 Å². The first-order chi connectivity index (χ1) is 19.3. The van der Waals surface area contributed by atoms with Crippen LogP contribution in [0.15, 0.2) is 70.2 Å². The van der Waals surface area contributed by atoms with Gasteiger partial charge in [-0.1, -0.05) is 6.92 Å². The largest absolute Gasteiger partial charge is 0.490 e. The van der Waals surface area contributed by atoms with Crippen LogP contribution in [0.2, 0.25) is 0 Å². The Morgan fingerprint density at radius 3 is 2.45 bits per heavy atom. The van der Waals surface area contributed by atoms with E-state index in [1.54, 1.807) is 18.3 Å². The molecule has 2 heterocycles. The number of amides is 1. The van der Waals surface area contributed by atoms with Gasteiger partial charge in [0.2, 0.25) is 0 Å². The Labute approximate surface area is 248 Å². The third-order valence-electron chi connectivity index (χ3n) is 6.24. The third-order valence-corrected chi connectivity index (χ3v) is 7.04. The van der Waals surface area contributed by atoms with Gasteiger partial charge in [-0.3, -0.25) is 4.79 Å². The summed E-state index contributed by atoms with van der Waals surface area (Å²) in [6.07, 6.45) is 2.52. The van der Waals surface area contributed by atoms with Crippen LogP contribution in [0, 0.1) is 17.4 Å². The highest BCUT2D eigenvalue weighted by molar-refractivity contribution is 14.1. The number of hydrogen-bond acceptors (Lipinski definition) is 6. The Kier molecular flexibility index (Phi) is 9.92. The molecule has 0 radical (unpaired) electrons. The summed E-state index contributed by atoms with van der Waals surface area (Å²) in [6.45, 7) is 10.9. The molecule has 0 bridgehead atoms. The molecular weight excluding hydrogens is 621 g/mol. The average molecular weight is 656 g/mol. The van der Waals surface area contributed by atoms with Gasteiger partial charge in [0.15, 0.2) is 17.3 Å². The number of aryl methyl sites for hydroxylation is 2. The molecule has 4 aromatic rings. The van der Waals surface area contributed by atoms with Gasteiger partial charge < -0.3 is 23.2 Å². The first-order valence-electron chi connectivity index (χ1n) is 13.2. The van der Waals surface area contributed by atoms with Crippen LogP contribution in [-0.2, 0) is 6.61 Å². The van der Waals surface area contributed by atoms with Gasteiger partial charge in [0.05, 0.1) is 22.5 Å². The lowest BCUT2D eigenvalue weighted by Gasteiger charge is -2.18. The van der Waals surface area contributed by atoms with Gasteiger partial charge in [-0.15, -0.1) is 0 Å². The molecule has 0 aliphatic carbocycles. The second-order valence-electron chi connectivity index (χ2n) is 9.30. The van der Waals surface area contributed by atoms with Crippen LogP contribution in [0.25, 0.3) is 5.69 Å². The van der Waals surface area contributed by atoms with Crippen LogP contribution in [0.4, 0.5) is 0 Å². The Morgan fingerprint density at radius 1 is 1.05 bits per heavy atom. The molecule has 1 amide bonds. The van der Waals surface area contributed by atoms with Crippen molar-refractivity contribution in [1.82, 2.24) is 9.99 Å². The molecule has 0 saturated heterocycles. The third kappa shape index (κ3) is 7.26. The van der Waals surface area contributed by atoms with E-state index in [9.17, 15) is 4.79 Å². The maximum atomic E-state index is 12.6. The first-order valence-corrected chi connectivity index (χ1v) is 14.3. The number of carbonyl (C=O) groups excluding carboxylic acids is 1. The van der Waals surface area contributed by atoms with E-state index in [0.717, 1.165) is 21.2 Å². The fraction of sp³-hybridized carbons (Fsp3) is 0.290. The van der Waals surface area contributed by atoms with Gasteiger partial charge >= 0.3 is 5.91 Å². The summed E-state index contributed by atoms with van der Waals surface area (Å²) in [6, 6.07) is 19.1. The number of hydrazone groups is 1. The summed E-state index contributed by atoms with van der Waals surface area (Å²) in [5.74, 6) is 2.28. The van der Waals surface area contributed by atoms with Crippen molar-refractivity contribution in [2.24, 2.45) is 5.10 Å². The second kappa shape index (κ2) is 13.6. The van der Waals surface area contributed by atoms with Crippen LogP contribution < -0.4 is 19.6 Å². The summed E-state index contributed by atoms with van der Waals surface area (Å²) in [7, 11) is 0. The summed E-state index contributed by atoms with van der Waals surface area (Å²) in [5.41, 5.74) is 6.70. The summed E-state index contributed by atoms with van der Waals surface area (Å²) >= 11 is 2.21. The molecule has 0 fully saturated rings. The second-order valence-corrected chi connectivity index (χ2v) is 10.5. The number of furan rings is 1. The van der Waals surface area contributed by atoms with Crippen molar-refractivity contribution in [2.45, 2.75) is 53.8 Å². The molecule has 0 saturated carbocycles. The normalized spacial score (nSPS) is 11.9. The Balaban J connectivity index is 1.33. The Bertz CT molecular complexity index is 1450. The van der Waals surface area contributed by atoms with Crippen molar-refractivity contribution in [3.05, 3.63) is 92.7 Å². The minimum absolute atomic E-state index is 0.0689. The monoisotopic (exact) mass is 655 g/mol. The molecule has 1 N–H and O–H groups in total. The highest BCUT2D eigenvalue weighted by atomic mass is 127. The van der Waals surface area contributed by atoms with Gasteiger partial charge in [-0.25, -0.2) is 5.43 Å². The number of carbonyl (C=O) groups is 1. The number of hydrogen-bond donors (Lipinski definition) is 1. The van der Waals surface area contributed by atoms with Crippen molar-refractivity contribution in [3.63, 3.8) is 0 Å². The topological polar surface area (TPSA) is 87.2 Å². The van der Waals surface area contributed by atoms with Gasteiger partial charge in [0, 0.05) is 17.1 Å². The minimum atomic E-state index is -0.458. The smallest absolute Gasteiger partial charge is 0.307 e. The standard InChI is InChI=1S/C31H34IN3O5/c1-6-22(5)39-30-27(32)16-23(17-29(30)37-7-2)18-33-34-31(36)28-15-14-26(40-28)19-38-25-12-10-24(11-13-25)35-20(3)8-9-21(35)4/h8-18,22H,6-7,19H2,1-5H3,(H,34,36)/b33-18+/t22-/m1/s1. The number of nitrogens with one attached hydrogen (secondary N) is 1. The molecule has 0 spiro atoms. The highest BCUT2D eigenvalue weighted by Gasteiger charge is 2.15. The van der Waals surface area contributed by atoms with E-state index in [0.29, 0.717) is 29.6 Å². The average Bonchev–Trinajstić information content (AvgIpc) is 3.56. The zero-order valence-corrected chi connectivity index (χ0v) is 25.5. The highest BCUT2D eigenvalue weighted by Crippen LogP contribution is 2.35. The quantitative estimate of drug-likeness (QED) is 0.0991. The predicted molar refractivity (Wildman–Crippen MR) is 164 cm³/mol. The van der Waals surface area contributed by atoms with Crippen molar-refractivity contribution in [1.29, 1.82) is 0 Å². The zero-order chi connectivity index (χ0) is 28.6. The van der Waals surface area contributed by atoms with E-state index in [-0.39, 0.29) is 18.5 Å². The molecule has 2 aromatic carbocycles. The van der Waals surface area contributed by atoms with Crippen molar-refractivity contribution < 1.29 is 23.4 Å². The lowest BCUT2D eigenvalue weighted by atomic mass is 10.2. The zero-order valence-electron chi connectivity index (χ0n) is 23.4. The number of ether oxygens (including phenoxy) is 3. The lowest BCUT2D eigenvalue weighted by Crippen LogP contribution is -2.17. The molecule has 0 aliphatic rings. The van der Waals surface area contributed by atoms with Crippen LogP contribution in [-0.4, -0.2) is 29.4 Å². The van der Waals surface area contributed by atoms with Crippen molar-refractivity contribution in [3.8, 4) is 22.9 Å². The number of benzene rings is 2. The summed E-state index contributed by atoms with van der Waals surface area (Å²) in [4.78, 5) is 12.6. The van der Waals surface area contributed by atoms with Crippen LogP contribution in [0.5, 0.6) is 17.2 Å². The Hall–Kier alpha value is -3.73. The van der Waals surface area contributed by atoms with Gasteiger partial charge in [0.25, 0.3) is 0 Å². The van der Waals surface area contributed by atoms with Gasteiger partial charge in [-0.05, 0) is 123 Å². The molecule has 9 heteroatoms. The summed E-state index contributed by atoms with van der Waals surface area (Å²) in [5, 5.41) is 4.09. The molecule has 0 aliphatic heterocycles. The summed E-state index contributed by atoms with van der Waals surface area (Å²) < 4.78 is 26.4. The SMILES string of the molecule is CCOc1cc(/C=N/NC(=O)c2ccc(COc3ccc(-n4c(C)ccc4C)cc3)o2)cc(I)c1O[C@H](C)CC. The van der Waals surface area contributed by atoms with Crippen molar-refractivity contribution in [2.75, 3.05) is 6.61 Å². The molecule has 4 rings (SSSR count). The van der Waals surface area contributed by atoms with Crippen LogP contribution in [0.1, 0.15) is 60.5 Å². The molecule has 1 atom stereocenters. The maximum Gasteiger partial charge on any atom is 0.307 e. The molecule has 40 heavy (non-hydrogen) atoms. The van der Waals surface area contributed by atoms with Gasteiger partial charge in [-0.2, -0.15) is 5.10 Å². The number of halogens is 1.